The van der Waals surface area contributed by atoms with Crippen LogP contribution in [0, 0.1) is 0 Å². The molecule has 0 aliphatic carbocycles. The standard InChI is InChI=1S/C18H39N3/c1-5-8-14-21(17(4)7-3)18(16-19)10-9-13-20(12-6-2)15-11-18/h17H,5-16,19H2,1-4H3. The van der Waals surface area contributed by atoms with Crippen LogP contribution in [0.25, 0.3) is 0 Å². The molecule has 0 bridgehead atoms. The van der Waals surface area contributed by atoms with Gasteiger partial charge in [-0.1, -0.05) is 27.2 Å². The summed E-state index contributed by atoms with van der Waals surface area (Å²) in [4.78, 5) is 5.41. The zero-order valence-electron chi connectivity index (χ0n) is 15.0. The number of rotatable bonds is 9. The number of hydrogen-bond acceptors (Lipinski definition) is 3. The average molecular weight is 298 g/mol. The van der Waals surface area contributed by atoms with Gasteiger partial charge in [0.25, 0.3) is 0 Å². The average Bonchev–Trinajstić information content (AvgIpc) is 2.71. The molecule has 2 atom stereocenters. The van der Waals surface area contributed by atoms with Gasteiger partial charge in [0.2, 0.25) is 0 Å². The van der Waals surface area contributed by atoms with E-state index in [1.54, 1.807) is 0 Å². The van der Waals surface area contributed by atoms with Crippen molar-refractivity contribution in [1.82, 2.24) is 9.80 Å². The first-order valence-electron chi connectivity index (χ1n) is 9.32. The van der Waals surface area contributed by atoms with Crippen LogP contribution in [0.15, 0.2) is 0 Å². The van der Waals surface area contributed by atoms with E-state index in [2.05, 4.69) is 37.5 Å². The van der Waals surface area contributed by atoms with E-state index in [0.29, 0.717) is 6.04 Å². The fourth-order valence-corrected chi connectivity index (χ4v) is 3.86. The minimum absolute atomic E-state index is 0.243. The molecule has 1 aliphatic heterocycles. The molecule has 0 spiro atoms. The van der Waals surface area contributed by atoms with Crippen LogP contribution < -0.4 is 5.73 Å². The molecule has 2 unspecified atom stereocenters. The largest absolute Gasteiger partial charge is 0.329 e. The molecule has 0 aromatic carbocycles. The van der Waals surface area contributed by atoms with Crippen molar-refractivity contribution in [2.75, 3.05) is 32.7 Å². The summed E-state index contributed by atoms with van der Waals surface area (Å²) < 4.78 is 0. The van der Waals surface area contributed by atoms with Crippen LogP contribution in [-0.4, -0.2) is 54.1 Å². The lowest BCUT2D eigenvalue weighted by atomic mass is 9.86. The monoisotopic (exact) mass is 297 g/mol. The van der Waals surface area contributed by atoms with Crippen molar-refractivity contribution in [3.05, 3.63) is 0 Å². The first-order chi connectivity index (χ1) is 10.1. The molecule has 0 aromatic rings. The minimum Gasteiger partial charge on any atom is -0.329 e. The zero-order valence-corrected chi connectivity index (χ0v) is 15.0. The van der Waals surface area contributed by atoms with Crippen molar-refractivity contribution in [3.63, 3.8) is 0 Å². The van der Waals surface area contributed by atoms with Crippen molar-refractivity contribution >= 4 is 0 Å². The minimum atomic E-state index is 0.243. The van der Waals surface area contributed by atoms with Crippen LogP contribution in [0.5, 0.6) is 0 Å². The number of unbranched alkanes of at least 4 members (excludes halogenated alkanes) is 1. The number of nitrogens with two attached hydrogens (primary N) is 1. The Kier molecular flexibility index (Phi) is 8.84. The Bertz CT molecular complexity index is 269. The first-order valence-corrected chi connectivity index (χ1v) is 9.32. The van der Waals surface area contributed by atoms with Gasteiger partial charge in [-0.25, -0.2) is 0 Å². The van der Waals surface area contributed by atoms with E-state index < -0.39 is 0 Å². The summed E-state index contributed by atoms with van der Waals surface area (Å²) in [5.74, 6) is 0. The SMILES string of the molecule is CCCCN(C(C)CC)C1(CN)CCCN(CCC)CC1. The van der Waals surface area contributed by atoms with Gasteiger partial charge in [-0.2, -0.15) is 0 Å². The van der Waals surface area contributed by atoms with Crippen LogP contribution in [0.3, 0.4) is 0 Å². The Hall–Kier alpha value is -0.120. The van der Waals surface area contributed by atoms with Crippen molar-refractivity contribution < 1.29 is 0 Å². The molecule has 21 heavy (non-hydrogen) atoms. The molecule has 1 heterocycles. The van der Waals surface area contributed by atoms with Crippen LogP contribution >= 0.6 is 0 Å². The van der Waals surface area contributed by atoms with E-state index in [0.717, 1.165) is 6.54 Å². The number of likely N-dealkylation sites (tertiary alicyclic amines) is 1. The molecule has 3 nitrogen and oxygen atoms in total. The molecule has 1 saturated heterocycles. The number of hydrogen-bond donors (Lipinski definition) is 1. The third-order valence-electron chi connectivity index (χ3n) is 5.41. The lowest BCUT2D eigenvalue weighted by molar-refractivity contribution is 0.0383. The Labute approximate surface area is 133 Å². The van der Waals surface area contributed by atoms with Crippen LogP contribution in [0.4, 0.5) is 0 Å². The fraction of sp³-hybridized carbons (Fsp3) is 1.00. The van der Waals surface area contributed by atoms with Crippen molar-refractivity contribution in [3.8, 4) is 0 Å². The summed E-state index contributed by atoms with van der Waals surface area (Å²) >= 11 is 0. The van der Waals surface area contributed by atoms with Gasteiger partial charge in [-0.15, -0.1) is 0 Å². The molecule has 0 saturated carbocycles. The predicted octanol–water partition coefficient (Wildman–Crippen LogP) is 3.48. The predicted molar refractivity (Wildman–Crippen MR) is 93.7 cm³/mol. The van der Waals surface area contributed by atoms with Gasteiger partial charge in [-0.3, -0.25) is 4.90 Å². The smallest absolute Gasteiger partial charge is 0.0347 e. The Morgan fingerprint density at radius 1 is 1.14 bits per heavy atom. The van der Waals surface area contributed by atoms with E-state index >= 15 is 0 Å². The highest BCUT2D eigenvalue weighted by molar-refractivity contribution is 4.96. The summed E-state index contributed by atoms with van der Waals surface area (Å²) in [6.45, 7) is 15.1. The van der Waals surface area contributed by atoms with Gasteiger partial charge < -0.3 is 10.6 Å². The molecule has 1 fully saturated rings. The second-order valence-corrected chi connectivity index (χ2v) is 6.93. The maximum atomic E-state index is 6.33. The second kappa shape index (κ2) is 9.81. The third kappa shape index (κ3) is 5.22. The molecular weight excluding hydrogens is 258 g/mol. The van der Waals surface area contributed by atoms with Gasteiger partial charge in [0.1, 0.15) is 0 Å². The lowest BCUT2D eigenvalue weighted by Gasteiger charge is -2.46. The van der Waals surface area contributed by atoms with Gasteiger partial charge >= 0.3 is 0 Å². The molecule has 0 radical (unpaired) electrons. The van der Waals surface area contributed by atoms with E-state index in [9.17, 15) is 0 Å². The van der Waals surface area contributed by atoms with E-state index in [1.165, 1.54) is 71.1 Å². The first kappa shape index (κ1) is 18.9. The van der Waals surface area contributed by atoms with Crippen LogP contribution in [-0.2, 0) is 0 Å². The van der Waals surface area contributed by atoms with Crippen molar-refractivity contribution in [2.45, 2.75) is 84.2 Å². The molecule has 1 aliphatic rings. The number of nitrogens with zero attached hydrogens (tertiary/aromatic N) is 2. The summed E-state index contributed by atoms with van der Waals surface area (Å²) in [5, 5.41) is 0. The quantitative estimate of drug-likeness (QED) is 0.707. The lowest BCUT2D eigenvalue weighted by Crippen LogP contribution is -2.57. The second-order valence-electron chi connectivity index (χ2n) is 6.93. The molecule has 3 heteroatoms. The highest BCUT2D eigenvalue weighted by Crippen LogP contribution is 2.31. The molecule has 126 valence electrons. The summed E-state index contributed by atoms with van der Waals surface area (Å²) in [6, 6.07) is 0.651. The van der Waals surface area contributed by atoms with E-state index in [4.69, 9.17) is 5.73 Å². The van der Waals surface area contributed by atoms with E-state index in [-0.39, 0.29) is 5.54 Å². The third-order valence-corrected chi connectivity index (χ3v) is 5.41. The Morgan fingerprint density at radius 2 is 1.90 bits per heavy atom. The Morgan fingerprint density at radius 3 is 2.48 bits per heavy atom. The Balaban J connectivity index is 2.82. The van der Waals surface area contributed by atoms with Crippen molar-refractivity contribution in [1.29, 1.82) is 0 Å². The topological polar surface area (TPSA) is 32.5 Å². The van der Waals surface area contributed by atoms with Crippen LogP contribution in [0.2, 0.25) is 0 Å². The summed E-state index contributed by atoms with van der Waals surface area (Å²) in [6.07, 6.45) is 8.89. The molecule has 2 N–H and O–H groups in total. The molecule has 0 amide bonds. The van der Waals surface area contributed by atoms with Gasteiger partial charge in [0, 0.05) is 18.1 Å². The highest BCUT2D eigenvalue weighted by Gasteiger charge is 2.38. The van der Waals surface area contributed by atoms with E-state index in [1.807, 2.05) is 0 Å². The fourth-order valence-electron chi connectivity index (χ4n) is 3.86. The van der Waals surface area contributed by atoms with Crippen molar-refractivity contribution in [2.24, 2.45) is 5.73 Å². The van der Waals surface area contributed by atoms with Gasteiger partial charge in [0.15, 0.2) is 0 Å². The zero-order chi connectivity index (χ0) is 15.7. The molecule has 1 rings (SSSR count). The van der Waals surface area contributed by atoms with Gasteiger partial charge in [-0.05, 0) is 71.6 Å². The maximum Gasteiger partial charge on any atom is 0.0347 e. The highest BCUT2D eigenvalue weighted by atomic mass is 15.2. The van der Waals surface area contributed by atoms with Crippen LogP contribution in [0.1, 0.15) is 72.6 Å². The van der Waals surface area contributed by atoms with Gasteiger partial charge in [0.05, 0.1) is 0 Å². The maximum absolute atomic E-state index is 6.33. The normalized spacial score (nSPS) is 26.0. The summed E-state index contributed by atoms with van der Waals surface area (Å²) in [5.41, 5.74) is 6.58. The molecule has 0 aromatic heterocycles. The summed E-state index contributed by atoms with van der Waals surface area (Å²) in [7, 11) is 0. The molecular formula is C18H39N3.